The van der Waals surface area contributed by atoms with Crippen molar-refractivity contribution in [1.29, 1.82) is 0 Å². The minimum absolute atomic E-state index is 0.265. The van der Waals surface area contributed by atoms with E-state index >= 15 is 0 Å². The van der Waals surface area contributed by atoms with E-state index in [1.54, 1.807) is 0 Å². The van der Waals surface area contributed by atoms with Gasteiger partial charge in [0, 0.05) is 55.2 Å². The lowest BCUT2D eigenvalue weighted by molar-refractivity contribution is 0.660. The van der Waals surface area contributed by atoms with Crippen LogP contribution >= 0.6 is 0 Å². The molecule has 0 unspecified atom stereocenters. The number of hydrogen-bond acceptors (Lipinski definition) is 3. The molecular formula is C60H42N2O. The Kier molecular flexibility index (Phi) is 8.52. The zero-order valence-corrected chi connectivity index (χ0v) is 35.1. The zero-order chi connectivity index (χ0) is 42.1. The van der Waals surface area contributed by atoms with E-state index in [2.05, 4.69) is 225 Å². The molecule has 0 N–H and O–H groups in total. The molecule has 0 amide bonds. The van der Waals surface area contributed by atoms with Crippen LogP contribution in [0.1, 0.15) is 25.0 Å². The van der Waals surface area contributed by atoms with Crippen LogP contribution in [-0.2, 0) is 5.41 Å². The summed E-state index contributed by atoms with van der Waals surface area (Å²) in [5.74, 6) is 0. The standard InChI is InChI=1S/C60H42N2O/c1-60(2)52-23-14-25-55(57(52)50-36-31-44(38-53(50)60)58-51(41-17-7-4-8-18-41)37-43-19-9-11-24-54(43)61-58)62(45-32-27-40(28-33-45)39-15-5-3-6-16-39)46-34-29-42(30-35-46)47-21-13-22-49-48-20-10-12-26-56(48)63-59(47)49/h3-38H,1-2H3. The third-order valence-corrected chi connectivity index (χ3v) is 13.1. The van der Waals surface area contributed by atoms with Crippen LogP contribution in [0.3, 0.4) is 0 Å². The molecular weight excluding hydrogens is 765 g/mol. The fourth-order valence-corrected chi connectivity index (χ4v) is 9.90. The molecule has 0 saturated carbocycles. The van der Waals surface area contributed by atoms with Crippen LogP contribution in [-0.4, -0.2) is 4.98 Å². The Bertz CT molecular complexity index is 3510. The van der Waals surface area contributed by atoms with Gasteiger partial charge in [-0.3, -0.25) is 0 Å². The second-order valence-electron chi connectivity index (χ2n) is 17.1. The van der Waals surface area contributed by atoms with Gasteiger partial charge < -0.3 is 9.32 Å². The number of para-hydroxylation sites is 3. The van der Waals surface area contributed by atoms with Crippen LogP contribution in [0.15, 0.2) is 223 Å². The van der Waals surface area contributed by atoms with E-state index in [0.29, 0.717) is 0 Å². The molecule has 9 aromatic carbocycles. The Balaban J connectivity index is 1.01. The Morgan fingerprint density at radius 1 is 0.429 bits per heavy atom. The number of pyridine rings is 1. The van der Waals surface area contributed by atoms with Crippen molar-refractivity contribution < 1.29 is 4.42 Å². The van der Waals surface area contributed by atoms with Gasteiger partial charge in [0.05, 0.1) is 16.9 Å². The normalized spacial score (nSPS) is 12.7. The summed E-state index contributed by atoms with van der Waals surface area (Å²) < 4.78 is 6.48. The first-order valence-corrected chi connectivity index (χ1v) is 21.7. The van der Waals surface area contributed by atoms with Gasteiger partial charge in [0.2, 0.25) is 0 Å². The molecule has 0 spiro atoms. The second kappa shape index (κ2) is 14.6. The van der Waals surface area contributed by atoms with Crippen molar-refractivity contribution in [3.8, 4) is 55.8 Å². The lowest BCUT2D eigenvalue weighted by Gasteiger charge is -2.29. The smallest absolute Gasteiger partial charge is 0.143 e. The molecule has 63 heavy (non-hydrogen) atoms. The quantitative estimate of drug-likeness (QED) is 0.161. The molecule has 1 aliphatic carbocycles. The van der Waals surface area contributed by atoms with Crippen LogP contribution in [0.25, 0.3) is 88.6 Å². The molecule has 3 heteroatoms. The number of aromatic nitrogens is 1. The second-order valence-corrected chi connectivity index (χ2v) is 17.1. The molecule has 0 atom stereocenters. The van der Waals surface area contributed by atoms with E-state index in [9.17, 15) is 0 Å². The third kappa shape index (κ3) is 6.07. The topological polar surface area (TPSA) is 29.3 Å². The van der Waals surface area contributed by atoms with Crippen molar-refractivity contribution in [3.05, 3.63) is 230 Å². The first-order chi connectivity index (χ1) is 31.0. The van der Waals surface area contributed by atoms with Gasteiger partial charge in [-0.25, -0.2) is 4.98 Å². The highest BCUT2D eigenvalue weighted by Gasteiger charge is 2.38. The van der Waals surface area contributed by atoms with E-state index in [4.69, 9.17) is 9.40 Å². The predicted octanol–water partition coefficient (Wildman–Crippen LogP) is 16.6. The molecule has 0 saturated heterocycles. The van der Waals surface area contributed by atoms with E-state index in [1.807, 2.05) is 12.1 Å². The highest BCUT2D eigenvalue weighted by Crippen LogP contribution is 2.55. The van der Waals surface area contributed by atoms with Gasteiger partial charge in [-0.05, 0) is 93.5 Å². The number of anilines is 3. The summed E-state index contributed by atoms with van der Waals surface area (Å²) in [5, 5.41) is 3.40. The number of nitrogens with zero attached hydrogens (tertiary/aromatic N) is 2. The van der Waals surface area contributed by atoms with E-state index in [1.165, 1.54) is 33.4 Å². The molecule has 1 aliphatic rings. The largest absolute Gasteiger partial charge is 0.455 e. The van der Waals surface area contributed by atoms with Crippen LogP contribution in [0.4, 0.5) is 17.1 Å². The maximum atomic E-state index is 6.48. The van der Waals surface area contributed by atoms with Gasteiger partial charge in [-0.15, -0.1) is 0 Å². The van der Waals surface area contributed by atoms with Gasteiger partial charge >= 0.3 is 0 Å². The van der Waals surface area contributed by atoms with Gasteiger partial charge in [-0.1, -0.05) is 178 Å². The number of hydrogen-bond donors (Lipinski definition) is 0. The lowest BCUT2D eigenvalue weighted by Crippen LogP contribution is -2.16. The Hall–Kier alpha value is -8.01. The summed E-state index contributed by atoms with van der Waals surface area (Å²) in [7, 11) is 0. The average Bonchev–Trinajstić information content (AvgIpc) is 3.84. The summed E-state index contributed by atoms with van der Waals surface area (Å²) in [6.07, 6.45) is 0. The maximum absolute atomic E-state index is 6.48. The monoisotopic (exact) mass is 806 g/mol. The molecule has 12 rings (SSSR count). The van der Waals surface area contributed by atoms with Crippen LogP contribution < -0.4 is 4.90 Å². The van der Waals surface area contributed by atoms with E-state index < -0.39 is 0 Å². The SMILES string of the molecule is CC1(C)c2cc(-c3nc4ccccc4cc3-c3ccccc3)ccc2-c2c(N(c3ccc(-c4ccccc4)cc3)c3ccc(-c4cccc5c4oc4ccccc45)cc3)cccc21. The minimum atomic E-state index is -0.265. The molecule has 2 heterocycles. The van der Waals surface area contributed by atoms with E-state index in [-0.39, 0.29) is 5.41 Å². The van der Waals surface area contributed by atoms with Crippen molar-refractivity contribution in [3.63, 3.8) is 0 Å². The van der Waals surface area contributed by atoms with Crippen molar-refractivity contribution in [2.75, 3.05) is 4.90 Å². The van der Waals surface area contributed by atoms with Gasteiger partial charge in [0.1, 0.15) is 11.2 Å². The highest BCUT2D eigenvalue weighted by molar-refractivity contribution is 6.09. The fourth-order valence-electron chi connectivity index (χ4n) is 9.90. The Morgan fingerprint density at radius 3 is 1.81 bits per heavy atom. The number of fused-ring (bicyclic) bond motifs is 7. The molecule has 0 fully saturated rings. The summed E-state index contributed by atoms with van der Waals surface area (Å²) in [6, 6.07) is 78.5. The number of rotatable bonds is 7. The molecule has 3 nitrogen and oxygen atoms in total. The third-order valence-electron chi connectivity index (χ3n) is 13.1. The first kappa shape index (κ1) is 36.8. The highest BCUT2D eigenvalue weighted by atomic mass is 16.3. The van der Waals surface area contributed by atoms with Crippen LogP contribution in [0, 0.1) is 0 Å². The zero-order valence-electron chi connectivity index (χ0n) is 35.1. The van der Waals surface area contributed by atoms with Gasteiger partial charge in [0.25, 0.3) is 0 Å². The lowest BCUT2D eigenvalue weighted by atomic mass is 9.81. The summed E-state index contributed by atoms with van der Waals surface area (Å²) in [4.78, 5) is 7.77. The van der Waals surface area contributed by atoms with Gasteiger partial charge in [-0.2, -0.15) is 0 Å². The first-order valence-electron chi connectivity index (χ1n) is 21.7. The fraction of sp³-hybridized carbons (Fsp3) is 0.0500. The van der Waals surface area contributed by atoms with Gasteiger partial charge in [0.15, 0.2) is 0 Å². The predicted molar refractivity (Wildman–Crippen MR) is 263 cm³/mol. The van der Waals surface area contributed by atoms with Crippen molar-refractivity contribution >= 4 is 49.9 Å². The van der Waals surface area contributed by atoms with Crippen molar-refractivity contribution in [2.45, 2.75) is 19.3 Å². The summed E-state index contributed by atoms with van der Waals surface area (Å²) >= 11 is 0. The van der Waals surface area contributed by atoms with Crippen LogP contribution in [0.2, 0.25) is 0 Å². The average molecular weight is 807 g/mol. The summed E-state index contributed by atoms with van der Waals surface area (Å²) in [6.45, 7) is 4.73. The van der Waals surface area contributed by atoms with Crippen LogP contribution in [0.5, 0.6) is 0 Å². The van der Waals surface area contributed by atoms with Crippen molar-refractivity contribution in [1.82, 2.24) is 4.98 Å². The molecule has 11 aromatic rings. The molecule has 0 radical (unpaired) electrons. The minimum Gasteiger partial charge on any atom is -0.455 e. The molecule has 0 bridgehead atoms. The Labute approximate surface area is 367 Å². The molecule has 298 valence electrons. The van der Waals surface area contributed by atoms with E-state index in [0.717, 1.165) is 83.4 Å². The molecule has 0 aliphatic heterocycles. The van der Waals surface area contributed by atoms with Crippen molar-refractivity contribution in [2.24, 2.45) is 0 Å². The molecule has 2 aromatic heterocycles. The Morgan fingerprint density at radius 2 is 1.03 bits per heavy atom. The summed E-state index contributed by atoms with van der Waals surface area (Å²) in [5.41, 5.74) is 19.9. The number of furan rings is 1. The maximum Gasteiger partial charge on any atom is 0.143 e. The number of benzene rings is 9.